The topological polar surface area (TPSA) is 103 Å². The molecule has 0 bridgehead atoms. The lowest BCUT2D eigenvalue weighted by atomic mass is 10.2. The molecule has 0 radical (unpaired) electrons. The van der Waals surface area contributed by atoms with E-state index in [4.69, 9.17) is 0 Å². The normalized spacial score (nSPS) is 11.3. The lowest BCUT2D eigenvalue weighted by Gasteiger charge is -2.07. The SMILES string of the molecule is Cn1c(=O)c2ncn(CC(=O)NN=Cc3ccccc3)c2n(C)c1=O. The molecule has 3 aromatic rings. The number of hydrogen-bond donors (Lipinski definition) is 1. The van der Waals surface area contributed by atoms with Crippen molar-refractivity contribution in [2.45, 2.75) is 6.54 Å². The van der Waals surface area contributed by atoms with Crippen LogP contribution in [0.3, 0.4) is 0 Å². The van der Waals surface area contributed by atoms with Gasteiger partial charge in [-0.2, -0.15) is 5.10 Å². The van der Waals surface area contributed by atoms with Gasteiger partial charge in [0.05, 0.1) is 12.5 Å². The van der Waals surface area contributed by atoms with Gasteiger partial charge >= 0.3 is 5.69 Å². The summed E-state index contributed by atoms with van der Waals surface area (Å²) < 4.78 is 3.69. The maximum Gasteiger partial charge on any atom is 0.332 e. The molecule has 2 heterocycles. The Balaban J connectivity index is 1.82. The molecular weight excluding hydrogens is 324 g/mol. The lowest BCUT2D eigenvalue weighted by Crippen LogP contribution is -2.37. The molecule has 0 aliphatic rings. The first kappa shape index (κ1) is 16.4. The van der Waals surface area contributed by atoms with Crippen molar-refractivity contribution >= 4 is 23.3 Å². The van der Waals surface area contributed by atoms with Gasteiger partial charge in [-0.05, 0) is 5.56 Å². The quantitative estimate of drug-likeness (QED) is 0.515. The number of nitrogens with zero attached hydrogens (tertiary/aromatic N) is 5. The van der Waals surface area contributed by atoms with Crippen LogP contribution in [-0.2, 0) is 25.4 Å². The average Bonchev–Trinajstić information content (AvgIpc) is 3.02. The van der Waals surface area contributed by atoms with Gasteiger partial charge in [0.1, 0.15) is 12.2 Å². The summed E-state index contributed by atoms with van der Waals surface area (Å²) in [6, 6.07) is 9.31. The van der Waals surface area contributed by atoms with Crippen LogP contribution in [0.2, 0.25) is 0 Å². The van der Waals surface area contributed by atoms with Crippen LogP contribution in [0.15, 0.2) is 51.3 Å². The minimum Gasteiger partial charge on any atom is -0.307 e. The first-order valence-corrected chi connectivity index (χ1v) is 7.47. The van der Waals surface area contributed by atoms with E-state index in [1.807, 2.05) is 30.3 Å². The maximum atomic E-state index is 12.1. The van der Waals surface area contributed by atoms with Crippen molar-refractivity contribution in [3.63, 3.8) is 0 Å². The van der Waals surface area contributed by atoms with Crippen LogP contribution in [0.4, 0.5) is 0 Å². The molecule has 3 rings (SSSR count). The number of carbonyl (C=O) groups excluding carboxylic acids is 1. The van der Waals surface area contributed by atoms with E-state index >= 15 is 0 Å². The van der Waals surface area contributed by atoms with E-state index in [1.165, 1.54) is 35.8 Å². The van der Waals surface area contributed by atoms with Crippen LogP contribution >= 0.6 is 0 Å². The van der Waals surface area contributed by atoms with Crippen LogP contribution in [-0.4, -0.2) is 30.8 Å². The first-order chi connectivity index (χ1) is 12.0. The molecule has 0 atom stereocenters. The third kappa shape index (κ3) is 3.11. The molecular formula is C16H16N6O3. The van der Waals surface area contributed by atoms with Crippen molar-refractivity contribution in [2.75, 3.05) is 0 Å². The third-order valence-electron chi connectivity index (χ3n) is 3.73. The number of aryl methyl sites for hydroxylation is 1. The maximum absolute atomic E-state index is 12.1. The second-order valence-electron chi connectivity index (χ2n) is 5.45. The highest BCUT2D eigenvalue weighted by molar-refractivity contribution is 5.83. The number of rotatable bonds is 4. The summed E-state index contributed by atoms with van der Waals surface area (Å²) in [5, 5.41) is 3.88. The largest absolute Gasteiger partial charge is 0.332 e. The molecule has 1 aromatic carbocycles. The van der Waals surface area contributed by atoms with Crippen molar-refractivity contribution < 1.29 is 4.79 Å². The minimum atomic E-state index is -0.501. The summed E-state index contributed by atoms with van der Waals surface area (Å²) in [6.07, 6.45) is 2.88. The van der Waals surface area contributed by atoms with Gasteiger partial charge in [0, 0.05) is 14.1 Å². The highest BCUT2D eigenvalue weighted by atomic mass is 16.2. The van der Waals surface area contributed by atoms with E-state index in [-0.39, 0.29) is 17.7 Å². The Hall–Kier alpha value is -3.49. The molecule has 0 fully saturated rings. The van der Waals surface area contributed by atoms with Crippen LogP contribution in [0.5, 0.6) is 0 Å². The molecule has 0 unspecified atom stereocenters. The van der Waals surface area contributed by atoms with E-state index < -0.39 is 17.2 Å². The molecule has 0 aliphatic carbocycles. The highest BCUT2D eigenvalue weighted by Crippen LogP contribution is 2.05. The molecule has 0 saturated heterocycles. The first-order valence-electron chi connectivity index (χ1n) is 7.47. The standard InChI is InChI=1S/C16H16N6O3/c1-20-14-13(15(24)21(2)16(20)25)17-10-22(14)9-12(23)19-18-8-11-6-4-3-5-7-11/h3-8,10H,9H2,1-2H3,(H,19,23). The Morgan fingerprint density at radius 3 is 2.64 bits per heavy atom. The fourth-order valence-corrected chi connectivity index (χ4v) is 2.46. The zero-order chi connectivity index (χ0) is 18.0. The van der Waals surface area contributed by atoms with Gasteiger partial charge in [0.25, 0.3) is 11.5 Å². The smallest absolute Gasteiger partial charge is 0.307 e. The predicted molar refractivity (Wildman–Crippen MR) is 92.4 cm³/mol. The number of benzene rings is 1. The van der Waals surface area contributed by atoms with E-state index in [1.54, 1.807) is 0 Å². The zero-order valence-electron chi connectivity index (χ0n) is 13.7. The molecule has 9 nitrogen and oxygen atoms in total. The summed E-state index contributed by atoms with van der Waals surface area (Å²) in [5.74, 6) is -0.403. The Morgan fingerprint density at radius 2 is 1.92 bits per heavy atom. The van der Waals surface area contributed by atoms with E-state index in [0.717, 1.165) is 10.1 Å². The van der Waals surface area contributed by atoms with Crippen LogP contribution in [0, 0.1) is 0 Å². The van der Waals surface area contributed by atoms with Gasteiger partial charge in [0.15, 0.2) is 5.52 Å². The van der Waals surface area contributed by atoms with Crippen molar-refractivity contribution in [3.8, 4) is 0 Å². The molecule has 0 aliphatic heterocycles. The van der Waals surface area contributed by atoms with Gasteiger partial charge < -0.3 is 4.57 Å². The predicted octanol–water partition coefficient (Wildman–Crippen LogP) is -0.416. The fraction of sp³-hybridized carbons (Fsp3) is 0.188. The summed E-state index contributed by atoms with van der Waals surface area (Å²) >= 11 is 0. The monoisotopic (exact) mass is 340 g/mol. The van der Waals surface area contributed by atoms with Crippen molar-refractivity contribution in [1.29, 1.82) is 0 Å². The fourth-order valence-electron chi connectivity index (χ4n) is 2.46. The summed E-state index contributed by atoms with van der Waals surface area (Å²) in [5.41, 5.74) is 2.69. The zero-order valence-corrected chi connectivity index (χ0v) is 13.7. The van der Waals surface area contributed by atoms with Crippen LogP contribution < -0.4 is 16.7 Å². The number of aromatic nitrogens is 4. The Morgan fingerprint density at radius 1 is 1.20 bits per heavy atom. The van der Waals surface area contributed by atoms with Crippen molar-refractivity contribution in [3.05, 3.63) is 63.1 Å². The van der Waals surface area contributed by atoms with Crippen molar-refractivity contribution in [2.24, 2.45) is 19.2 Å². The van der Waals surface area contributed by atoms with Gasteiger partial charge in [-0.15, -0.1) is 0 Å². The molecule has 25 heavy (non-hydrogen) atoms. The second kappa shape index (κ2) is 6.56. The molecule has 0 spiro atoms. The number of fused-ring (bicyclic) bond motifs is 1. The summed E-state index contributed by atoms with van der Waals surface area (Å²) in [4.78, 5) is 40.2. The number of hydrazone groups is 1. The van der Waals surface area contributed by atoms with E-state index in [2.05, 4.69) is 15.5 Å². The molecule has 128 valence electrons. The second-order valence-corrected chi connectivity index (χ2v) is 5.45. The molecule has 1 amide bonds. The summed E-state index contributed by atoms with van der Waals surface area (Å²) in [6.45, 7) is -0.122. The minimum absolute atomic E-state index is 0.122. The van der Waals surface area contributed by atoms with Crippen molar-refractivity contribution in [1.82, 2.24) is 24.1 Å². The van der Waals surface area contributed by atoms with E-state index in [9.17, 15) is 14.4 Å². The van der Waals surface area contributed by atoms with Crippen LogP contribution in [0.1, 0.15) is 5.56 Å². The third-order valence-corrected chi connectivity index (χ3v) is 3.73. The molecule has 0 saturated carbocycles. The number of nitrogens with one attached hydrogen (secondary N) is 1. The molecule has 9 heteroatoms. The number of imidazole rings is 1. The molecule has 1 N–H and O–H groups in total. The highest BCUT2D eigenvalue weighted by Gasteiger charge is 2.15. The summed E-state index contributed by atoms with van der Waals surface area (Å²) in [7, 11) is 2.90. The number of hydrogen-bond acceptors (Lipinski definition) is 5. The van der Waals surface area contributed by atoms with E-state index in [0.29, 0.717) is 0 Å². The van der Waals surface area contributed by atoms with Gasteiger partial charge in [-0.1, -0.05) is 30.3 Å². The number of amides is 1. The van der Waals surface area contributed by atoms with Crippen LogP contribution in [0.25, 0.3) is 11.2 Å². The van der Waals surface area contributed by atoms with Gasteiger partial charge in [-0.3, -0.25) is 18.7 Å². The lowest BCUT2D eigenvalue weighted by molar-refractivity contribution is -0.121. The Labute approximate surface area is 141 Å². The average molecular weight is 340 g/mol. The Bertz CT molecular complexity index is 1070. The number of carbonyl (C=O) groups is 1. The molecule has 2 aromatic heterocycles. The van der Waals surface area contributed by atoms with Gasteiger partial charge in [-0.25, -0.2) is 15.2 Å². The Kier molecular flexibility index (Phi) is 4.29. The van der Waals surface area contributed by atoms with Gasteiger partial charge in [0.2, 0.25) is 0 Å².